The summed E-state index contributed by atoms with van der Waals surface area (Å²) in [5.41, 5.74) is 0. The molecule has 0 aromatic carbocycles. The first-order chi connectivity index (χ1) is 8.72. The van der Waals surface area contributed by atoms with Gasteiger partial charge in [-0.05, 0) is 44.3 Å². The van der Waals surface area contributed by atoms with Gasteiger partial charge in [-0.1, -0.05) is 12.8 Å². The highest BCUT2D eigenvalue weighted by atomic mass is 127. The van der Waals surface area contributed by atoms with Crippen LogP contribution in [0.25, 0.3) is 0 Å². The van der Waals surface area contributed by atoms with Gasteiger partial charge < -0.3 is 10.6 Å². The van der Waals surface area contributed by atoms with Crippen molar-refractivity contribution in [3.63, 3.8) is 0 Å². The predicted molar refractivity (Wildman–Crippen MR) is 96.8 cm³/mol. The Kier molecular flexibility index (Phi) is 7.87. The highest BCUT2D eigenvalue weighted by Crippen LogP contribution is 2.36. The van der Waals surface area contributed by atoms with Gasteiger partial charge in [0, 0.05) is 24.9 Å². The van der Waals surface area contributed by atoms with Crippen molar-refractivity contribution in [3.05, 3.63) is 0 Å². The Labute approximate surface area is 139 Å². The fraction of sp³-hybridized carbons (Fsp3) is 0.929. The number of hydrogen-bond acceptors (Lipinski definition) is 2. The van der Waals surface area contributed by atoms with Gasteiger partial charge in [-0.3, -0.25) is 4.99 Å². The molecule has 1 atom stereocenters. The minimum Gasteiger partial charge on any atom is -0.356 e. The smallest absolute Gasteiger partial charge is 0.191 e. The van der Waals surface area contributed by atoms with E-state index in [0.717, 1.165) is 25.0 Å². The Hall–Kier alpha value is 0.350. The molecule has 0 amide bonds. The van der Waals surface area contributed by atoms with Crippen molar-refractivity contribution in [1.29, 1.82) is 0 Å². The van der Waals surface area contributed by atoms with Crippen LogP contribution in [0.1, 0.15) is 45.4 Å². The molecule has 0 bridgehead atoms. The molecular formula is C14H28IN3S. The number of thioether (sulfide) groups is 1. The van der Waals surface area contributed by atoms with E-state index < -0.39 is 0 Å². The second kappa shape index (κ2) is 8.60. The molecule has 1 aliphatic heterocycles. The Morgan fingerprint density at radius 2 is 2.00 bits per heavy atom. The SMILES string of the molecule is CN=C(NCC1CCCC1)NCC1(C)CCCS1.I. The number of hydrogen-bond donors (Lipinski definition) is 2. The van der Waals surface area contributed by atoms with Crippen LogP contribution in [0.3, 0.4) is 0 Å². The van der Waals surface area contributed by atoms with Crippen molar-refractivity contribution in [2.24, 2.45) is 10.9 Å². The van der Waals surface area contributed by atoms with E-state index in [4.69, 9.17) is 0 Å². The molecule has 2 fully saturated rings. The highest BCUT2D eigenvalue weighted by Gasteiger charge is 2.29. The number of halogens is 1. The van der Waals surface area contributed by atoms with E-state index >= 15 is 0 Å². The molecule has 19 heavy (non-hydrogen) atoms. The van der Waals surface area contributed by atoms with Crippen molar-refractivity contribution in [2.75, 3.05) is 25.9 Å². The lowest BCUT2D eigenvalue weighted by Gasteiger charge is -2.24. The fourth-order valence-electron chi connectivity index (χ4n) is 2.92. The molecule has 2 rings (SSSR count). The second-order valence-electron chi connectivity index (χ2n) is 5.86. The summed E-state index contributed by atoms with van der Waals surface area (Å²) >= 11 is 2.10. The topological polar surface area (TPSA) is 36.4 Å². The van der Waals surface area contributed by atoms with Gasteiger partial charge in [-0.2, -0.15) is 11.8 Å². The van der Waals surface area contributed by atoms with E-state index in [1.807, 2.05) is 7.05 Å². The van der Waals surface area contributed by atoms with Crippen LogP contribution in [0.5, 0.6) is 0 Å². The molecule has 0 spiro atoms. The lowest BCUT2D eigenvalue weighted by atomic mass is 10.1. The zero-order valence-corrected chi connectivity index (χ0v) is 15.4. The molecule has 112 valence electrons. The van der Waals surface area contributed by atoms with Gasteiger partial charge in [0.15, 0.2) is 5.96 Å². The summed E-state index contributed by atoms with van der Waals surface area (Å²) in [5.74, 6) is 3.15. The fourth-order valence-corrected chi connectivity index (χ4v) is 4.17. The molecular weight excluding hydrogens is 369 g/mol. The van der Waals surface area contributed by atoms with Crippen molar-refractivity contribution < 1.29 is 0 Å². The van der Waals surface area contributed by atoms with Crippen molar-refractivity contribution in [2.45, 2.75) is 50.2 Å². The number of nitrogens with one attached hydrogen (secondary N) is 2. The number of guanidine groups is 1. The van der Waals surface area contributed by atoms with Crippen LogP contribution < -0.4 is 10.6 Å². The van der Waals surface area contributed by atoms with Crippen LogP contribution in [0.15, 0.2) is 4.99 Å². The largest absolute Gasteiger partial charge is 0.356 e. The maximum atomic E-state index is 4.33. The third-order valence-electron chi connectivity index (χ3n) is 4.19. The van der Waals surface area contributed by atoms with E-state index in [-0.39, 0.29) is 24.0 Å². The van der Waals surface area contributed by atoms with Crippen molar-refractivity contribution in [3.8, 4) is 0 Å². The Morgan fingerprint density at radius 3 is 2.58 bits per heavy atom. The molecule has 1 heterocycles. The predicted octanol–water partition coefficient (Wildman–Crippen LogP) is 3.25. The molecule has 3 nitrogen and oxygen atoms in total. The monoisotopic (exact) mass is 397 g/mol. The lowest BCUT2D eigenvalue weighted by Crippen LogP contribution is -2.44. The van der Waals surface area contributed by atoms with Crippen LogP contribution in [-0.4, -0.2) is 36.6 Å². The summed E-state index contributed by atoms with van der Waals surface area (Å²) in [4.78, 5) is 4.33. The van der Waals surface area contributed by atoms with E-state index in [2.05, 4.69) is 34.3 Å². The summed E-state index contributed by atoms with van der Waals surface area (Å²) < 4.78 is 0.408. The van der Waals surface area contributed by atoms with Crippen LogP contribution in [-0.2, 0) is 0 Å². The first-order valence-electron chi connectivity index (χ1n) is 7.30. The van der Waals surface area contributed by atoms with Crippen LogP contribution in [0.2, 0.25) is 0 Å². The summed E-state index contributed by atoms with van der Waals surface area (Å²) in [5, 5.41) is 6.98. The van der Waals surface area contributed by atoms with Gasteiger partial charge in [0.05, 0.1) is 0 Å². The third kappa shape index (κ3) is 5.69. The number of aliphatic imine (C=N–C) groups is 1. The molecule has 5 heteroatoms. The standard InChI is InChI=1S/C14H27N3S.HI/c1-14(8-5-9-18-14)11-17-13(15-2)16-10-12-6-3-4-7-12;/h12H,3-11H2,1-2H3,(H2,15,16,17);1H. The molecule has 1 saturated heterocycles. The summed E-state index contributed by atoms with van der Waals surface area (Å²) in [7, 11) is 1.87. The molecule has 0 aromatic rings. The van der Waals surface area contributed by atoms with Gasteiger partial charge in [0.25, 0.3) is 0 Å². The normalized spacial score (nSPS) is 28.2. The molecule has 2 N–H and O–H groups in total. The summed E-state index contributed by atoms with van der Waals surface area (Å²) in [6, 6.07) is 0. The van der Waals surface area contributed by atoms with Gasteiger partial charge in [0.1, 0.15) is 0 Å². The average molecular weight is 397 g/mol. The van der Waals surface area contributed by atoms with Gasteiger partial charge in [-0.25, -0.2) is 0 Å². The minimum atomic E-state index is 0. The Balaban J connectivity index is 0.00000180. The Bertz CT molecular complexity index is 284. The molecule has 0 radical (unpaired) electrons. The summed E-state index contributed by atoms with van der Waals surface area (Å²) in [6.07, 6.45) is 8.27. The maximum Gasteiger partial charge on any atom is 0.191 e. The van der Waals surface area contributed by atoms with Gasteiger partial charge in [0.2, 0.25) is 0 Å². The first kappa shape index (κ1) is 17.4. The molecule has 2 aliphatic rings. The van der Waals surface area contributed by atoms with E-state index in [1.54, 1.807) is 0 Å². The molecule has 1 aliphatic carbocycles. The third-order valence-corrected chi connectivity index (χ3v) is 5.72. The first-order valence-corrected chi connectivity index (χ1v) is 8.29. The van der Waals surface area contributed by atoms with Gasteiger partial charge in [-0.15, -0.1) is 24.0 Å². The average Bonchev–Trinajstić information content (AvgIpc) is 3.01. The van der Waals surface area contributed by atoms with Crippen LogP contribution in [0, 0.1) is 5.92 Å². The number of nitrogens with zero attached hydrogens (tertiary/aromatic N) is 1. The molecule has 1 unspecified atom stereocenters. The van der Waals surface area contributed by atoms with Crippen LogP contribution >= 0.6 is 35.7 Å². The quantitative estimate of drug-likeness (QED) is 0.435. The van der Waals surface area contributed by atoms with Crippen molar-refractivity contribution in [1.82, 2.24) is 10.6 Å². The zero-order chi connectivity index (χ0) is 12.8. The van der Waals surface area contributed by atoms with E-state index in [9.17, 15) is 0 Å². The van der Waals surface area contributed by atoms with E-state index in [1.165, 1.54) is 44.3 Å². The second-order valence-corrected chi connectivity index (χ2v) is 7.54. The molecule has 0 aromatic heterocycles. The summed E-state index contributed by atoms with van der Waals surface area (Å²) in [6.45, 7) is 4.48. The van der Waals surface area contributed by atoms with Gasteiger partial charge >= 0.3 is 0 Å². The minimum absolute atomic E-state index is 0. The van der Waals surface area contributed by atoms with E-state index in [0.29, 0.717) is 4.75 Å². The highest BCUT2D eigenvalue weighted by molar-refractivity contribution is 14.0. The molecule has 1 saturated carbocycles. The maximum absolute atomic E-state index is 4.33. The Morgan fingerprint density at radius 1 is 1.26 bits per heavy atom. The lowest BCUT2D eigenvalue weighted by molar-refractivity contribution is 0.525. The number of rotatable bonds is 4. The van der Waals surface area contributed by atoms with Crippen molar-refractivity contribution >= 4 is 41.7 Å². The van der Waals surface area contributed by atoms with Crippen LogP contribution in [0.4, 0.5) is 0 Å². The zero-order valence-electron chi connectivity index (χ0n) is 12.2.